The molecule has 1 aliphatic heterocycles. The summed E-state index contributed by atoms with van der Waals surface area (Å²) in [7, 11) is 1.37. The number of hydrogen-bond donors (Lipinski definition) is 2. The van der Waals surface area contributed by atoms with Crippen LogP contribution in [0.3, 0.4) is 0 Å². The van der Waals surface area contributed by atoms with Crippen LogP contribution in [0, 0.1) is 23.0 Å². The Kier molecular flexibility index (Phi) is 6.75. The molecule has 10 heteroatoms. The Morgan fingerprint density at radius 1 is 1.35 bits per heavy atom. The Hall–Kier alpha value is -3.97. The molecule has 0 spiro atoms. The third-order valence-electron chi connectivity index (χ3n) is 5.71. The number of rotatable bonds is 6. The number of carbonyl (C=O) groups excluding carboxylic acids is 1. The molecule has 1 amide bonds. The number of methoxy groups -OCH3 is 1. The highest BCUT2D eigenvalue weighted by molar-refractivity contribution is 5.96. The van der Waals surface area contributed by atoms with Gasteiger partial charge in [0, 0.05) is 24.3 Å². The molecule has 1 fully saturated rings. The monoisotopic (exact) mass is 467 g/mol. The molecule has 0 saturated carbocycles. The van der Waals surface area contributed by atoms with Crippen LogP contribution in [0.25, 0.3) is 11.3 Å². The van der Waals surface area contributed by atoms with E-state index in [-0.39, 0.29) is 46.5 Å². The lowest BCUT2D eigenvalue weighted by molar-refractivity contribution is 0.0558. The normalized spacial score (nSPS) is 15.5. The molecule has 1 atom stereocenters. The van der Waals surface area contributed by atoms with Crippen LogP contribution in [0.2, 0.25) is 0 Å². The average molecular weight is 467 g/mol. The first-order chi connectivity index (χ1) is 16.4. The number of nitrogens with zero attached hydrogens (tertiary/aromatic N) is 3. The highest BCUT2D eigenvalue weighted by Crippen LogP contribution is 2.32. The Balaban J connectivity index is 1.54. The largest absolute Gasteiger partial charge is 0.496 e. The van der Waals surface area contributed by atoms with Crippen molar-refractivity contribution in [2.24, 2.45) is 0 Å². The first-order valence-electron chi connectivity index (χ1n) is 10.7. The van der Waals surface area contributed by atoms with Crippen molar-refractivity contribution in [1.82, 2.24) is 15.1 Å². The molecule has 0 radical (unpaired) electrons. The van der Waals surface area contributed by atoms with Gasteiger partial charge in [0.25, 0.3) is 5.91 Å². The molecule has 4 rings (SSSR count). The molecule has 176 valence electrons. The minimum absolute atomic E-state index is 0.00546. The summed E-state index contributed by atoms with van der Waals surface area (Å²) in [5.41, 5.74) is 7.22. The van der Waals surface area contributed by atoms with E-state index >= 15 is 0 Å². The minimum Gasteiger partial charge on any atom is -0.496 e. The number of hydrogen-bond acceptors (Lipinski definition) is 6. The number of carbonyl (C=O) groups is 1. The second kappa shape index (κ2) is 9.89. The molecule has 1 aliphatic rings. The standard InChI is InChI=1S/C24H23F2N5O3/c1-33-21-7-6-16(25)10-18(21)24(32)29-12-15-5-4-14(9-20(15)26)22-19(11-27)23(28)31(30-22)17-3-2-8-34-13-17/h4-7,9-10,17H,2-3,8,12-13,28H2,1H3,(H,29,32). The highest BCUT2D eigenvalue weighted by Gasteiger charge is 2.25. The SMILES string of the molecule is COc1ccc(F)cc1C(=O)NCc1ccc(-c2nn(C3CCCOC3)c(N)c2C#N)cc1F. The first-order valence-corrected chi connectivity index (χ1v) is 10.7. The van der Waals surface area contributed by atoms with E-state index in [0.29, 0.717) is 18.8 Å². The Labute approximate surface area is 194 Å². The van der Waals surface area contributed by atoms with Gasteiger partial charge in [-0.15, -0.1) is 0 Å². The minimum atomic E-state index is -0.604. The fourth-order valence-electron chi connectivity index (χ4n) is 3.92. The van der Waals surface area contributed by atoms with Crippen LogP contribution in [-0.4, -0.2) is 36.0 Å². The van der Waals surface area contributed by atoms with E-state index < -0.39 is 17.5 Å². The van der Waals surface area contributed by atoms with E-state index in [4.69, 9.17) is 15.2 Å². The molecule has 3 aromatic rings. The van der Waals surface area contributed by atoms with Gasteiger partial charge < -0.3 is 20.5 Å². The van der Waals surface area contributed by atoms with Crippen LogP contribution in [0.1, 0.15) is 40.4 Å². The van der Waals surface area contributed by atoms with Crippen LogP contribution in [-0.2, 0) is 11.3 Å². The number of aromatic nitrogens is 2. The number of anilines is 1. The second-order valence-corrected chi connectivity index (χ2v) is 7.87. The van der Waals surface area contributed by atoms with E-state index in [1.807, 2.05) is 0 Å². The van der Waals surface area contributed by atoms with Gasteiger partial charge in [-0.2, -0.15) is 10.4 Å². The van der Waals surface area contributed by atoms with E-state index in [1.165, 1.54) is 31.4 Å². The van der Waals surface area contributed by atoms with Gasteiger partial charge in [-0.25, -0.2) is 13.5 Å². The lowest BCUT2D eigenvalue weighted by Gasteiger charge is -2.23. The molecular formula is C24H23F2N5O3. The molecule has 2 heterocycles. The molecule has 3 N–H and O–H groups in total. The van der Waals surface area contributed by atoms with E-state index in [1.54, 1.807) is 10.7 Å². The number of halogens is 2. The molecule has 1 unspecified atom stereocenters. The van der Waals surface area contributed by atoms with Gasteiger partial charge in [-0.1, -0.05) is 12.1 Å². The maximum atomic E-state index is 14.9. The fraction of sp³-hybridized carbons (Fsp3) is 0.292. The maximum Gasteiger partial charge on any atom is 0.255 e. The number of ether oxygens (including phenoxy) is 2. The average Bonchev–Trinajstić information content (AvgIpc) is 3.19. The number of nitrogen functional groups attached to an aromatic ring is 1. The predicted octanol–water partition coefficient (Wildman–Crippen LogP) is 3.57. The summed E-state index contributed by atoms with van der Waals surface area (Å²) in [6.45, 7) is 0.982. The van der Waals surface area contributed by atoms with Crippen molar-refractivity contribution in [3.05, 3.63) is 64.7 Å². The smallest absolute Gasteiger partial charge is 0.255 e. The summed E-state index contributed by atoms with van der Waals surface area (Å²) in [6, 6.07) is 9.89. The summed E-state index contributed by atoms with van der Waals surface area (Å²) in [6.07, 6.45) is 1.68. The summed E-state index contributed by atoms with van der Waals surface area (Å²) in [5, 5.41) is 16.7. The quantitative estimate of drug-likeness (QED) is 0.573. The van der Waals surface area contributed by atoms with Crippen LogP contribution >= 0.6 is 0 Å². The summed E-state index contributed by atoms with van der Waals surface area (Å²) in [4.78, 5) is 12.5. The fourth-order valence-corrected chi connectivity index (χ4v) is 3.92. The van der Waals surface area contributed by atoms with Gasteiger partial charge in [0.05, 0.1) is 25.3 Å². The van der Waals surface area contributed by atoms with Crippen molar-refractivity contribution in [3.8, 4) is 23.1 Å². The van der Waals surface area contributed by atoms with Gasteiger partial charge in [0.2, 0.25) is 0 Å². The molecular weight excluding hydrogens is 444 g/mol. The summed E-state index contributed by atoms with van der Waals surface area (Å²) < 4.78 is 40.6. The predicted molar refractivity (Wildman–Crippen MR) is 120 cm³/mol. The van der Waals surface area contributed by atoms with Gasteiger partial charge in [-0.05, 0) is 37.1 Å². The van der Waals surface area contributed by atoms with Crippen LogP contribution in [0.5, 0.6) is 5.75 Å². The number of benzene rings is 2. The van der Waals surface area contributed by atoms with Crippen molar-refractivity contribution in [3.63, 3.8) is 0 Å². The van der Waals surface area contributed by atoms with E-state index in [9.17, 15) is 18.8 Å². The van der Waals surface area contributed by atoms with Gasteiger partial charge in [-0.3, -0.25) is 4.79 Å². The zero-order valence-electron chi connectivity index (χ0n) is 18.5. The summed E-state index contributed by atoms with van der Waals surface area (Å²) >= 11 is 0. The summed E-state index contributed by atoms with van der Waals surface area (Å²) in [5.74, 6) is -1.37. The van der Waals surface area contributed by atoms with E-state index in [0.717, 1.165) is 18.9 Å². The third-order valence-corrected chi connectivity index (χ3v) is 5.71. The topological polar surface area (TPSA) is 115 Å². The van der Waals surface area contributed by atoms with Crippen LogP contribution < -0.4 is 15.8 Å². The molecule has 1 saturated heterocycles. The Morgan fingerprint density at radius 2 is 2.18 bits per heavy atom. The van der Waals surface area contributed by atoms with Crippen molar-refractivity contribution < 1.29 is 23.0 Å². The maximum absolute atomic E-state index is 14.9. The van der Waals surface area contributed by atoms with E-state index in [2.05, 4.69) is 16.5 Å². The number of amides is 1. The molecule has 34 heavy (non-hydrogen) atoms. The zero-order chi connectivity index (χ0) is 24.2. The van der Waals surface area contributed by atoms with Gasteiger partial charge >= 0.3 is 0 Å². The van der Waals surface area contributed by atoms with Crippen molar-refractivity contribution >= 4 is 11.7 Å². The Bertz CT molecular complexity index is 1260. The number of nitriles is 1. The molecule has 1 aromatic heterocycles. The van der Waals surface area contributed by atoms with Gasteiger partial charge in [0.15, 0.2) is 0 Å². The third kappa shape index (κ3) is 4.56. The highest BCUT2D eigenvalue weighted by atomic mass is 19.1. The molecule has 0 aliphatic carbocycles. The lowest BCUT2D eigenvalue weighted by Crippen LogP contribution is -2.24. The van der Waals surface area contributed by atoms with Crippen molar-refractivity contribution in [2.75, 3.05) is 26.1 Å². The number of nitrogens with one attached hydrogen (secondary N) is 1. The zero-order valence-corrected chi connectivity index (χ0v) is 18.5. The number of nitrogens with two attached hydrogens (primary N) is 1. The van der Waals surface area contributed by atoms with Crippen LogP contribution in [0.4, 0.5) is 14.6 Å². The lowest BCUT2D eigenvalue weighted by atomic mass is 10.0. The van der Waals surface area contributed by atoms with Crippen molar-refractivity contribution in [2.45, 2.75) is 25.4 Å². The first kappa shape index (κ1) is 23.2. The van der Waals surface area contributed by atoms with Gasteiger partial charge in [0.1, 0.15) is 40.5 Å². The molecule has 2 aromatic carbocycles. The Morgan fingerprint density at radius 3 is 2.85 bits per heavy atom. The van der Waals surface area contributed by atoms with Crippen LogP contribution in [0.15, 0.2) is 36.4 Å². The second-order valence-electron chi connectivity index (χ2n) is 7.87. The molecule has 8 nitrogen and oxygen atoms in total. The molecule has 0 bridgehead atoms. The van der Waals surface area contributed by atoms with Crippen molar-refractivity contribution in [1.29, 1.82) is 5.26 Å².